The number of imide groups is 1. The molecular weight excluding hydrogens is 576 g/mol. The second kappa shape index (κ2) is 11.2. The summed E-state index contributed by atoms with van der Waals surface area (Å²) in [6.45, 7) is 5.97. The van der Waals surface area contributed by atoms with E-state index in [9.17, 15) is 41.0 Å². The van der Waals surface area contributed by atoms with Gasteiger partial charge < -0.3 is 9.84 Å². The highest BCUT2D eigenvalue weighted by molar-refractivity contribution is 6.22. The minimum atomic E-state index is -5.12. The summed E-state index contributed by atoms with van der Waals surface area (Å²) >= 11 is 0. The number of fused-ring (bicyclic) bond motifs is 3. The Morgan fingerprint density at radius 2 is 1.65 bits per heavy atom. The van der Waals surface area contributed by atoms with Gasteiger partial charge in [-0.15, -0.1) is 0 Å². The molecule has 0 unspecified atom stereocenters. The topological polar surface area (TPSA) is 66.8 Å². The van der Waals surface area contributed by atoms with Crippen molar-refractivity contribution in [3.8, 4) is 5.75 Å². The van der Waals surface area contributed by atoms with Gasteiger partial charge in [-0.25, -0.2) is 4.90 Å². The number of nitrogens with zero attached hydrogens (tertiary/aromatic N) is 1. The Bertz CT molecular complexity index is 1470. The lowest BCUT2D eigenvalue weighted by molar-refractivity contribution is -0.143. The summed E-state index contributed by atoms with van der Waals surface area (Å²) in [5.74, 6) is -3.83. The average molecular weight is 608 g/mol. The van der Waals surface area contributed by atoms with E-state index in [-0.39, 0.29) is 36.9 Å². The van der Waals surface area contributed by atoms with E-state index in [1.165, 1.54) is 0 Å². The van der Waals surface area contributed by atoms with Gasteiger partial charge in [0.1, 0.15) is 5.75 Å². The van der Waals surface area contributed by atoms with Crippen LogP contribution < -0.4 is 4.90 Å². The number of anilines is 1. The lowest BCUT2D eigenvalue weighted by atomic mass is 9.67. The van der Waals surface area contributed by atoms with Gasteiger partial charge in [-0.3, -0.25) is 9.59 Å². The first kappa shape index (κ1) is 30.8. The zero-order valence-electron chi connectivity index (χ0n) is 23.7. The van der Waals surface area contributed by atoms with Crippen molar-refractivity contribution in [2.24, 2.45) is 23.7 Å². The summed E-state index contributed by atoms with van der Waals surface area (Å²) in [5, 5.41) is 9.73. The molecule has 5 nitrogen and oxygen atoms in total. The summed E-state index contributed by atoms with van der Waals surface area (Å²) in [6, 6.07) is 7.65. The van der Waals surface area contributed by atoms with Crippen LogP contribution in [0.15, 0.2) is 59.2 Å². The SMILES string of the molecule is C/C(=C\c1cccc(O)c1)CC[C@H]1OC[C@H]2C1=C(C(C)C)C[C@H]1C(=O)N(c3cc(C(F)(F)F)cc(C(F)(F)F)c3)C(=O)[C@H]12. The standard InChI is InChI=1S/C32H31F6NO4/c1-16(2)23-14-24-28(25-15-43-26(27(23)25)8-7-17(3)9-18-5-4-6-22(40)10-18)30(42)39(29(24)41)21-12-19(31(33,34)35)11-20(13-21)32(36,37)38/h4-6,9-13,16,24-26,28,40H,7-8,14-15H2,1-3H3/b17-9+/t24-,25+,26-,28-/m1/s1. The maximum absolute atomic E-state index is 13.7. The number of alkyl halides is 6. The number of carbonyl (C=O) groups excluding carboxylic acids is 2. The van der Waals surface area contributed by atoms with E-state index in [4.69, 9.17) is 4.74 Å². The quantitative estimate of drug-likeness (QED) is 0.207. The number of carbonyl (C=O) groups is 2. The Balaban J connectivity index is 1.44. The molecular formula is C32H31F6NO4. The Labute approximate surface area is 244 Å². The van der Waals surface area contributed by atoms with Crippen LogP contribution in [0, 0.1) is 23.7 Å². The van der Waals surface area contributed by atoms with Crippen LogP contribution >= 0.6 is 0 Å². The first-order valence-electron chi connectivity index (χ1n) is 14.0. The molecule has 2 heterocycles. The van der Waals surface area contributed by atoms with Crippen molar-refractivity contribution in [2.75, 3.05) is 11.5 Å². The van der Waals surface area contributed by atoms with Gasteiger partial charge in [0.05, 0.1) is 41.4 Å². The Morgan fingerprint density at radius 3 is 2.23 bits per heavy atom. The number of rotatable bonds is 6. The number of phenolic OH excluding ortho intramolecular Hbond substituents is 1. The minimum absolute atomic E-state index is 0.0195. The van der Waals surface area contributed by atoms with Gasteiger partial charge >= 0.3 is 12.4 Å². The number of ether oxygens (including phenoxy) is 1. The average Bonchev–Trinajstić information content (AvgIpc) is 3.43. The molecule has 2 aromatic rings. The fourth-order valence-electron chi connectivity index (χ4n) is 6.61. The zero-order valence-corrected chi connectivity index (χ0v) is 23.7. The zero-order chi connectivity index (χ0) is 31.4. The summed E-state index contributed by atoms with van der Waals surface area (Å²) in [7, 11) is 0. The minimum Gasteiger partial charge on any atom is -0.508 e. The smallest absolute Gasteiger partial charge is 0.416 e. The molecule has 2 saturated heterocycles. The van der Waals surface area contributed by atoms with Crippen molar-refractivity contribution >= 4 is 23.6 Å². The van der Waals surface area contributed by atoms with Crippen LogP contribution in [-0.4, -0.2) is 29.6 Å². The van der Waals surface area contributed by atoms with Crippen LogP contribution in [0.4, 0.5) is 32.0 Å². The normalized spacial score (nSPS) is 24.7. The van der Waals surface area contributed by atoms with E-state index in [1.807, 2.05) is 32.9 Å². The molecule has 5 rings (SSSR count). The van der Waals surface area contributed by atoms with Gasteiger partial charge in [-0.05, 0) is 73.6 Å². The van der Waals surface area contributed by atoms with E-state index >= 15 is 0 Å². The fourth-order valence-corrected chi connectivity index (χ4v) is 6.61. The van der Waals surface area contributed by atoms with Crippen molar-refractivity contribution in [2.45, 2.75) is 58.5 Å². The number of hydrogen-bond donors (Lipinski definition) is 1. The number of phenols is 1. The maximum atomic E-state index is 13.7. The van der Waals surface area contributed by atoms with Crippen molar-refractivity contribution in [1.29, 1.82) is 0 Å². The fraction of sp³-hybridized carbons (Fsp3) is 0.438. The summed E-state index contributed by atoms with van der Waals surface area (Å²) < 4.78 is 87.4. The number of halogens is 6. The first-order valence-corrected chi connectivity index (χ1v) is 14.0. The van der Waals surface area contributed by atoms with Gasteiger partial charge in [0, 0.05) is 5.92 Å². The van der Waals surface area contributed by atoms with Gasteiger partial charge in [0.25, 0.3) is 0 Å². The third-order valence-corrected chi connectivity index (χ3v) is 8.56. The summed E-state index contributed by atoms with van der Waals surface area (Å²) in [5.41, 5.74) is -0.205. The van der Waals surface area contributed by atoms with Gasteiger partial charge in [0.15, 0.2) is 0 Å². The van der Waals surface area contributed by atoms with Gasteiger partial charge in [0.2, 0.25) is 11.8 Å². The van der Waals surface area contributed by atoms with E-state index in [2.05, 4.69) is 0 Å². The van der Waals surface area contributed by atoms with Gasteiger partial charge in [-0.2, -0.15) is 26.3 Å². The highest BCUT2D eigenvalue weighted by atomic mass is 19.4. The number of amides is 2. The van der Waals surface area contributed by atoms with Crippen molar-refractivity contribution in [1.82, 2.24) is 0 Å². The monoisotopic (exact) mass is 607 g/mol. The second-order valence-electron chi connectivity index (χ2n) is 11.8. The molecule has 3 aliphatic rings. The third kappa shape index (κ3) is 5.96. The highest BCUT2D eigenvalue weighted by Gasteiger charge is 2.58. The van der Waals surface area contributed by atoms with Crippen molar-refractivity contribution in [3.63, 3.8) is 0 Å². The molecule has 43 heavy (non-hydrogen) atoms. The van der Waals surface area contributed by atoms with E-state index in [0.717, 1.165) is 22.3 Å². The number of allylic oxidation sites excluding steroid dienone is 2. The predicted octanol–water partition coefficient (Wildman–Crippen LogP) is 7.79. The largest absolute Gasteiger partial charge is 0.508 e. The summed E-state index contributed by atoms with van der Waals surface area (Å²) in [4.78, 5) is 27.8. The van der Waals surface area contributed by atoms with Crippen LogP contribution in [-0.2, 0) is 26.7 Å². The van der Waals surface area contributed by atoms with Crippen molar-refractivity contribution < 1.29 is 45.8 Å². The predicted molar refractivity (Wildman–Crippen MR) is 147 cm³/mol. The Kier molecular flexibility index (Phi) is 8.00. The third-order valence-electron chi connectivity index (χ3n) is 8.56. The van der Waals surface area contributed by atoms with Crippen LogP contribution in [0.25, 0.3) is 6.08 Å². The molecule has 0 spiro atoms. The Hall–Kier alpha value is -3.60. The molecule has 11 heteroatoms. The van der Waals surface area contributed by atoms with Crippen molar-refractivity contribution in [3.05, 3.63) is 75.9 Å². The molecule has 2 amide bonds. The van der Waals surface area contributed by atoms with Crippen LogP contribution in [0.5, 0.6) is 5.75 Å². The molecule has 0 radical (unpaired) electrons. The Morgan fingerprint density at radius 1 is 1.00 bits per heavy atom. The van der Waals surface area contributed by atoms with E-state index in [1.54, 1.807) is 18.2 Å². The molecule has 2 aliphatic heterocycles. The molecule has 2 aromatic carbocycles. The van der Waals surface area contributed by atoms with Crippen LogP contribution in [0.1, 0.15) is 56.7 Å². The highest BCUT2D eigenvalue weighted by Crippen LogP contribution is 2.52. The molecule has 0 aromatic heterocycles. The molecule has 1 N–H and O–H groups in total. The molecule has 4 atom stereocenters. The number of hydrogen-bond acceptors (Lipinski definition) is 4. The molecule has 230 valence electrons. The second-order valence-corrected chi connectivity index (χ2v) is 11.8. The lowest BCUT2D eigenvalue weighted by Gasteiger charge is -2.33. The van der Waals surface area contributed by atoms with Crippen LogP contribution in [0.2, 0.25) is 0 Å². The lowest BCUT2D eigenvalue weighted by Crippen LogP contribution is -2.35. The van der Waals surface area contributed by atoms with Gasteiger partial charge in [-0.1, -0.05) is 43.2 Å². The van der Waals surface area contributed by atoms with Crippen LogP contribution in [0.3, 0.4) is 0 Å². The molecule has 0 bridgehead atoms. The first-order chi connectivity index (χ1) is 20.1. The number of aromatic hydroxyl groups is 1. The molecule has 2 fully saturated rings. The van der Waals surface area contributed by atoms with E-state index < -0.39 is 58.7 Å². The van der Waals surface area contributed by atoms with E-state index in [0.29, 0.717) is 29.9 Å². The molecule has 1 aliphatic carbocycles. The molecule has 0 saturated carbocycles. The number of benzene rings is 2. The maximum Gasteiger partial charge on any atom is 0.416 e. The summed E-state index contributed by atoms with van der Waals surface area (Å²) in [6.07, 6.45) is -7.24.